The third kappa shape index (κ3) is 5.70. The molecule has 0 radical (unpaired) electrons. The van der Waals surface area contributed by atoms with E-state index in [1.807, 2.05) is 20.8 Å². The summed E-state index contributed by atoms with van der Waals surface area (Å²) in [6, 6.07) is 0. The molecular formula is C20H29N3O4. The largest absolute Gasteiger partial charge is 0.478 e. The first kappa shape index (κ1) is 20.7. The van der Waals surface area contributed by atoms with Gasteiger partial charge < -0.3 is 25.5 Å². The van der Waals surface area contributed by atoms with E-state index in [1.54, 1.807) is 18.0 Å². The van der Waals surface area contributed by atoms with Crippen molar-refractivity contribution in [1.82, 2.24) is 10.2 Å². The Balaban J connectivity index is 1.86. The molecular weight excluding hydrogens is 346 g/mol. The lowest BCUT2D eigenvalue weighted by atomic mass is 9.92. The van der Waals surface area contributed by atoms with Crippen molar-refractivity contribution < 1.29 is 19.4 Å². The molecule has 1 aliphatic carbocycles. The standard InChI is InChI=1S/C20H29N3O4/c1-13-15(18(24)25)5-6-17(21)16(13)12-22-11-14-7-9-23(10-8-14)19(26)27-20(2,3)4/h5-6,12,14,21-22H,7-11H2,1-4H3,(H,24,25)/b16-12-,21-17?. The third-order valence-electron chi connectivity index (χ3n) is 4.66. The van der Waals surface area contributed by atoms with Crippen LogP contribution in [0.5, 0.6) is 0 Å². The molecule has 0 spiro atoms. The summed E-state index contributed by atoms with van der Waals surface area (Å²) in [4.78, 5) is 25.1. The number of nitrogens with zero attached hydrogens (tertiary/aromatic N) is 1. The van der Waals surface area contributed by atoms with Crippen LogP contribution in [0.2, 0.25) is 0 Å². The van der Waals surface area contributed by atoms with Gasteiger partial charge in [-0.05, 0) is 64.2 Å². The quantitative estimate of drug-likeness (QED) is 0.701. The molecule has 0 aromatic heterocycles. The molecule has 7 heteroatoms. The SMILES string of the molecule is CC1=C(C(=O)O)C=CC(=N)/C1=C\NCC1CCN(C(=O)OC(C)(C)C)CC1. The molecule has 148 valence electrons. The van der Waals surface area contributed by atoms with E-state index in [4.69, 9.17) is 10.1 Å². The molecule has 0 atom stereocenters. The number of amides is 1. The van der Waals surface area contributed by atoms with E-state index in [2.05, 4.69) is 5.32 Å². The molecule has 3 N–H and O–H groups in total. The van der Waals surface area contributed by atoms with E-state index in [9.17, 15) is 14.7 Å². The van der Waals surface area contributed by atoms with Gasteiger partial charge >= 0.3 is 12.1 Å². The van der Waals surface area contributed by atoms with Crippen LogP contribution in [0, 0.1) is 11.3 Å². The number of carboxylic acids is 1. The van der Waals surface area contributed by atoms with Crippen LogP contribution in [0.25, 0.3) is 0 Å². The molecule has 2 aliphatic rings. The van der Waals surface area contributed by atoms with Crippen molar-refractivity contribution in [3.8, 4) is 0 Å². The van der Waals surface area contributed by atoms with Gasteiger partial charge in [0.1, 0.15) is 5.60 Å². The summed E-state index contributed by atoms with van der Waals surface area (Å²) >= 11 is 0. The molecule has 0 bridgehead atoms. The molecule has 27 heavy (non-hydrogen) atoms. The van der Waals surface area contributed by atoms with Crippen molar-refractivity contribution in [2.24, 2.45) is 5.92 Å². The van der Waals surface area contributed by atoms with Gasteiger partial charge in [0.25, 0.3) is 0 Å². The highest BCUT2D eigenvalue weighted by atomic mass is 16.6. The molecule has 0 unspecified atom stereocenters. The second-order valence-corrected chi connectivity index (χ2v) is 7.97. The third-order valence-corrected chi connectivity index (χ3v) is 4.66. The van der Waals surface area contributed by atoms with Crippen LogP contribution in [-0.2, 0) is 9.53 Å². The van der Waals surface area contributed by atoms with E-state index >= 15 is 0 Å². The van der Waals surface area contributed by atoms with Crippen LogP contribution in [0.1, 0.15) is 40.5 Å². The minimum Gasteiger partial charge on any atom is -0.478 e. The van der Waals surface area contributed by atoms with Crippen molar-refractivity contribution in [2.45, 2.75) is 46.1 Å². The predicted molar refractivity (Wildman–Crippen MR) is 104 cm³/mol. The van der Waals surface area contributed by atoms with E-state index < -0.39 is 11.6 Å². The first-order valence-electron chi connectivity index (χ1n) is 9.21. The van der Waals surface area contributed by atoms with Gasteiger partial charge in [-0.1, -0.05) is 0 Å². The summed E-state index contributed by atoms with van der Waals surface area (Å²) in [5.41, 5.74) is 1.21. The zero-order valence-corrected chi connectivity index (χ0v) is 16.5. The fraction of sp³-hybridized carbons (Fsp3) is 0.550. The Morgan fingerprint density at radius 2 is 1.96 bits per heavy atom. The number of allylic oxidation sites excluding steroid dienone is 3. The highest BCUT2D eigenvalue weighted by Gasteiger charge is 2.26. The maximum atomic E-state index is 12.1. The van der Waals surface area contributed by atoms with Gasteiger partial charge in [-0.2, -0.15) is 0 Å². The van der Waals surface area contributed by atoms with Gasteiger partial charge in [0.15, 0.2) is 0 Å². The molecule has 2 rings (SSSR count). The summed E-state index contributed by atoms with van der Waals surface area (Å²) in [6.07, 6.45) is 6.18. The van der Waals surface area contributed by atoms with Gasteiger partial charge in [0.05, 0.1) is 11.3 Å². The number of nitrogens with one attached hydrogen (secondary N) is 2. The van der Waals surface area contributed by atoms with Crippen LogP contribution in [0.4, 0.5) is 4.79 Å². The molecule has 1 aliphatic heterocycles. The number of ether oxygens (including phenoxy) is 1. The lowest BCUT2D eigenvalue weighted by molar-refractivity contribution is -0.132. The smallest absolute Gasteiger partial charge is 0.410 e. The summed E-state index contributed by atoms with van der Waals surface area (Å²) in [5, 5.41) is 20.4. The topological polar surface area (TPSA) is 103 Å². The van der Waals surface area contributed by atoms with Crippen molar-refractivity contribution in [3.63, 3.8) is 0 Å². The van der Waals surface area contributed by atoms with Crippen molar-refractivity contribution >= 4 is 17.8 Å². The highest BCUT2D eigenvalue weighted by molar-refractivity contribution is 6.13. The highest BCUT2D eigenvalue weighted by Crippen LogP contribution is 2.23. The molecule has 7 nitrogen and oxygen atoms in total. The van der Waals surface area contributed by atoms with Gasteiger partial charge in [-0.15, -0.1) is 0 Å². The minimum absolute atomic E-state index is 0.213. The Morgan fingerprint density at radius 1 is 1.33 bits per heavy atom. The zero-order chi connectivity index (χ0) is 20.2. The van der Waals surface area contributed by atoms with Gasteiger partial charge in [0, 0.05) is 31.4 Å². The minimum atomic E-state index is -0.989. The summed E-state index contributed by atoms with van der Waals surface area (Å²) in [6.45, 7) is 9.35. The molecule has 0 aromatic carbocycles. The number of rotatable bonds is 4. The number of hydrogen-bond acceptors (Lipinski definition) is 5. The molecule has 0 aromatic rings. The number of piperidine rings is 1. The normalized spacial score (nSPS) is 20.2. The molecule has 0 saturated carbocycles. The Bertz CT molecular complexity index is 705. The lowest BCUT2D eigenvalue weighted by Crippen LogP contribution is -2.43. The summed E-state index contributed by atoms with van der Waals surface area (Å²) in [7, 11) is 0. The second kappa shape index (κ2) is 8.41. The van der Waals surface area contributed by atoms with Crippen LogP contribution < -0.4 is 5.32 Å². The molecule has 1 heterocycles. The van der Waals surface area contributed by atoms with E-state index in [1.165, 1.54) is 12.2 Å². The fourth-order valence-electron chi connectivity index (χ4n) is 3.12. The fourth-order valence-corrected chi connectivity index (χ4v) is 3.12. The first-order valence-corrected chi connectivity index (χ1v) is 9.21. The summed E-state index contributed by atoms with van der Waals surface area (Å²) in [5.74, 6) is -0.575. The zero-order valence-electron chi connectivity index (χ0n) is 16.5. The predicted octanol–water partition coefficient (Wildman–Crippen LogP) is 3.10. The van der Waals surface area contributed by atoms with Crippen LogP contribution >= 0.6 is 0 Å². The second-order valence-electron chi connectivity index (χ2n) is 7.97. The van der Waals surface area contributed by atoms with Crippen LogP contribution in [0.3, 0.4) is 0 Å². The lowest BCUT2D eigenvalue weighted by Gasteiger charge is -2.33. The summed E-state index contributed by atoms with van der Waals surface area (Å²) < 4.78 is 5.40. The maximum Gasteiger partial charge on any atom is 0.410 e. The number of likely N-dealkylation sites (tertiary alicyclic amines) is 1. The van der Waals surface area contributed by atoms with Gasteiger partial charge in [0.2, 0.25) is 0 Å². The molecule has 1 amide bonds. The van der Waals surface area contributed by atoms with Crippen molar-refractivity contribution in [3.05, 3.63) is 35.1 Å². The molecule has 1 saturated heterocycles. The molecule has 1 fully saturated rings. The Kier molecular flexibility index (Phi) is 6.46. The van der Waals surface area contributed by atoms with E-state index in [0.717, 1.165) is 19.4 Å². The first-order chi connectivity index (χ1) is 12.6. The Morgan fingerprint density at radius 3 is 2.52 bits per heavy atom. The maximum absolute atomic E-state index is 12.1. The number of carbonyl (C=O) groups is 2. The van der Waals surface area contributed by atoms with Gasteiger partial charge in [-0.25, -0.2) is 9.59 Å². The van der Waals surface area contributed by atoms with E-state index in [-0.39, 0.29) is 11.7 Å². The van der Waals surface area contributed by atoms with Crippen molar-refractivity contribution in [2.75, 3.05) is 19.6 Å². The van der Waals surface area contributed by atoms with E-state index in [0.29, 0.717) is 35.9 Å². The van der Waals surface area contributed by atoms with Gasteiger partial charge in [-0.3, -0.25) is 0 Å². The Hall–Kier alpha value is -2.57. The average molecular weight is 375 g/mol. The average Bonchev–Trinajstić information content (AvgIpc) is 2.56. The van der Waals surface area contributed by atoms with Crippen LogP contribution in [-0.4, -0.2) is 53.0 Å². The number of carbonyl (C=O) groups excluding carboxylic acids is 1. The Labute approximate surface area is 160 Å². The van der Waals surface area contributed by atoms with Crippen LogP contribution in [0.15, 0.2) is 35.1 Å². The number of hydrogen-bond donors (Lipinski definition) is 3. The number of carboxylic acid groups (broad SMARTS) is 1. The monoisotopic (exact) mass is 375 g/mol. The number of aliphatic carboxylic acids is 1. The van der Waals surface area contributed by atoms with Crippen molar-refractivity contribution in [1.29, 1.82) is 5.41 Å².